The third kappa shape index (κ3) is 7.10. The van der Waals surface area contributed by atoms with Crippen LogP contribution in [0, 0.1) is 0 Å². The van der Waals surface area contributed by atoms with Crippen LogP contribution in [0.2, 0.25) is 0 Å². The Hall–Kier alpha value is -2.33. The molecule has 1 atom stereocenters. The van der Waals surface area contributed by atoms with Gasteiger partial charge in [0.25, 0.3) is 5.91 Å². The van der Waals surface area contributed by atoms with Gasteiger partial charge >= 0.3 is 0 Å². The van der Waals surface area contributed by atoms with E-state index in [1.54, 1.807) is 0 Å². The van der Waals surface area contributed by atoms with Crippen LogP contribution < -0.4 is 10.1 Å². The molecule has 3 rings (SSSR count). The quantitative estimate of drug-likeness (QED) is 0.615. The van der Waals surface area contributed by atoms with Crippen molar-refractivity contribution >= 4 is 5.91 Å². The summed E-state index contributed by atoms with van der Waals surface area (Å²) < 4.78 is 5.97. The summed E-state index contributed by atoms with van der Waals surface area (Å²) in [7, 11) is 0. The number of nitrogens with one attached hydrogen (secondary N) is 1. The number of hydrogen-bond donors (Lipinski definition) is 1. The first kappa shape index (κ1) is 23.3. The minimum Gasteiger partial charge on any atom is -0.481 e. The highest BCUT2D eigenvalue weighted by Crippen LogP contribution is 2.25. The van der Waals surface area contributed by atoms with E-state index in [4.69, 9.17) is 4.74 Å². The smallest absolute Gasteiger partial charge is 0.261 e. The van der Waals surface area contributed by atoms with Crippen molar-refractivity contribution in [3.8, 4) is 5.75 Å². The van der Waals surface area contributed by atoms with E-state index in [0.29, 0.717) is 13.0 Å². The van der Waals surface area contributed by atoms with Crippen molar-refractivity contribution in [2.75, 3.05) is 13.1 Å². The molecule has 1 aliphatic rings. The van der Waals surface area contributed by atoms with Crippen molar-refractivity contribution in [3.63, 3.8) is 0 Å². The third-order valence-electron chi connectivity index (χ3n) is 6.01. The first-order valence-electron chi connectivity index (χ1n) is 11.7. The molecule has 0 aliphatic carbocycles. The topological polar surface area (TPSA) is 41.6 Å². The fourth-order valence-electron chi connectivity index (χ4n) is 3.96. The first-order chi connectivity index (χ1) is 14.8. The maximum atomic E-state index is 12.7. The van der Waals surface area contributed by atoms with Crippen molar-refractivity contribution in [2.45, 2.75) is 78.0 Å². The maximum Gasteiger partial charge on any atom is 0.261 e. The molecule has 1 heterocycles. The monoisotopic (exact) mass is 422 g/mol. The summed E-state index contributed by atoms with van der Waals surface area (Å²) in [6, 6.07) is 16.7. The van der Waals surface area contributed by atoms with Gasteiger partial charge in [-0.1, -0.05) is 70.5 Å². The van der Waals surface area contributed by atoms with Gasteiger partial charge in [0, 0.05) is 13.1 Å². The number of amides is 1. The summed E-state index contributed by atoms with van der Waals surface area (Å²) in [5.74, 6) is 0.664. The molecule has 2 aromatic carbocycles. The van der Waals surface area contributed by atoms with E-state index in [9.17, 15) is 4.79 Å². The van der Waals surface area contributed by atoms with Crippen LogP contribution in [0.4, 0.5) is 0 Å². The Morgan fingerprint density at radius 1 is 0.968 bits per heavy atom. The van der Waals surface area contributed by atoms with Gasteiger partial charge in [-0.25, -0.2) is 0 Å². The first-order valence-corrected chi connectivity index (χ1v) is 11.7. The number of rotatable bonds is 8. The number of benzene rings is 2. The van der Waals surface area contributed by atoms with Crippen LogP contribution in [0.15, 0.2) is 48.5 Å². The van der Waals surface area contributed by atoms with Gasteiger partial charge in [0.05, 0.1) is 0 Å². The van der Waals surface area contributed by atoms with Gasteiger partial charge in [0.15, 0.2) is 6.10 Å². The number of carbonyl (C=O) groups excluding carboxylic acids is 1. The molecule has 1 N–H and O–H groups in total. The number of piperidine rings is 1. The lowest BCUT2D eigenvalue weighted by Crippen LogP contribution is -2.37. The molecular weight excluding hydrogens is 384 g/mol. The number of nitrogens with zero attached hydrogens (tertiary/aromatic N) is 1. The Morgan fingerprint density at radius 3 is 2.16 bits per heavy atom. The second-order valence-corrected chi connectivity index (χ2v) is 9.66. The van der Waals surface area contributed by atoms with Gasteiger partial charge in [0.1, 0.15) is 5.75 Å². The fourth-order valence-corrected chi connectivity index (χ4v) is 3.96. The van der Waals surface area contributed by atoms with Crippen molar-refractivity contribution < 1.29 is 9.53 Å². The van der Waals surface area contributed by atoms with Crippen LogP contribution in [0.3, 0.4) is 0 Å². The molecule has 31 heavy (non-hydrogen) atoms. The Kier molecular flexibility index (Phi) is 8.14. The predicted molar refractivity (Wildman–Crippen MR) is 127 cm³/mol. The molecule has 1 saturated heterocycles. The van der Waals surface area contributed by atoms with Crippen LogP contribution in [-0.2, 0) is 23.3 Å². The minimum absolute atomic E-state index is 0.0696. The van der Waals surface area contributed by atoms with E-state index >= 15 is 0 Å². The SMILES string of the molecule is CC[C@H](Oc1ccc(C(C)(C)C)cc1)C(=O)NCc1ccc(CN2CCCCC2)cc1. The van der Waals surface area contributed by atoms with E-state index in [1.165, 1.54) is 43.5 Å². The molecule has 0 spiro atoms. The van der Waals surface area contributed by atoms with Crippen LogP contribution in [0.25, 0.3) is 0 Å². The Morgan fingerprint density at radius 2 is 1.58 bits per heavy atom. The van der Waals surface area contributed by atoms with E-state index in [0.717, 1.165) is 17.9 Å². The maximum absolute atomic E-state index is 12.7. The predicted octanol–water partition coefficient (Wildman–Crippen LogP) is 5.44. The zero-order chi connectivity index (χ0) is 22.3. The molecule has 1 amide bonds. The van der Waals surface area contributed by atoms with Gasteiger partial charge in [0.2, 0.25) is 0 Å². The lowest BCUT2D eigenvalue weighted by molar-refractivity contribution is -0.128. The zero-order valence-electron chi connectivity index (χ0n) is 19.6. The Bertz CT molecular complexity index is 816. The van der Waals surface area contributed by atoms with Crippen molar-refractivity contribution in [1.29, 1.82) is 0 Å². The fraction of sp³-hybridized carbons (Fsp3) is 0.519. The molecule has 1 aliphatic heterocycles. The average molecular weight is 423 g/mol. The Labute approximate surface area is 188 Å². The molecule has 0 bridgehead atoms. The van der Waals surface area contributed by atoms with Gasteiger partial charge in [-0.2, -0.15) is 0 Å². The van der Waals surface area contributed by atoms with Gasteiger partial charge < -0.3 is 10.1 Å². The number of ether oxygens (including phenoxy) is 1. The summed E-state index contributed by atoms with van der Waals surface area (Å²) in [6.07, 6.45) is 4.12. The van der Waals surface area contributed by atoms with Crippen LogP contribution in [0.1, 0.15) is 70.1 Å². The summed E-state index contributed by atoms with van der Waals surface area (Å²) in [5.41, 5.74) is 3.80. The van der Waals surface area contributed by atoms with Crippen LogP contribution >= 0.6 is 0 Å². The lowest BCUT2D eigenvalue weighted by Gasteiger charge is -2.26. The molecule has 168 valence electrons. The highest BCUT2D eigenvalue weighted by molar-refractivity contribution is 5.81. The molecule has 0 unspecified atom stereocenters. The highest BCUT2D eigenvalue weighted by atomic mass is 16.5. The zero-order valence-corrected chi connectivity index (χ0v) is 19.6. The molecule has 4 heteroatoms. The van der Waals surface area contributed by atoms with Crippen molar-refractivity contribution in [1.82, 2.24) is 10.2 Å². The molecular formula is C27H38N2O2. The van der Waals surface area contributed by atoms with Gasteiger partial charge in [-0.3, -0.25) is 9.69 Å². The lowest BCUT2D eigenvalue weighted by atomic mass is 9.87. The summed E-state index contributed by atoms with van der Waals surface area (Å²) in [6.45, 7) is 12.5. The van der Waals surface area contributed by atoms with E-state index in [-0.39, 0.29) is 11.3 Å². The highest BCUT2D eigenvalue weighted by Gasteiger charge is 2.19. The van der Waals surface area contributed by atoms with E-state index in [1.807, 2.05) is 19.1 Å². The van der Waals surface area contributed by atoms with Gasteiger partial charge in [-0.15, -0.1) is 0 Å². The average Bonchev–Trinajstić information content (AvgIpc) is 2.77. The summed E-state index contributed by atoms with van der Waals surface area (Å²) in [4.78, 5) is 15.2. The number of hydrogen-bond acceptors (Lipinski definition) is 3. The summed E-state index contributed by atoms with van der Waals surface area (Å²) in [5, 5.41) is 3.03. The molecule has 4 nitrogen and oxygen atoms in total. The van der Waals surface area contributed by atoms with E-state index in [2.05, 4.69) is 67.4 Å². The van der Waals surface area contributed by atoms with Crippen molar-refractivity contribution in [2.24, 2.45) is 0 Å². The van der Waals surface area contributed by atoms with Crippen LogP contribution in [0.5, 0.6) is 5.75 Å². The third-order valence-corrected chi connectivity index (χ3v) is 6.01. The molecule has 1 fully saturated rings. The minimum atomic E-state index is -0.487. The molecule has 0 radical (unpaired) electrons. The normalized spacial score (nSPS) is 16.0. The van der Waals surface area contributed by atoms with Crippen LogP contribution in [-0.4, -0.2) is 30.0 Å². The molecule has 0 saturated carbocycles. The standard InChI is InChI=1S/C27H38N2O2/c1-5-25(31-24-15-13-23(14-16-24)27(2,3)4)26(30)28-19-21-9-11-22(12-10-21)20-29-17-7-6-8-18-29/h9-16,25H,5-8,17-20H2,1-4H3,(H,28,30)/t25-/m0/s1. The van der Waals surface area contributed by atoms with Crippen molar-refractivity contribution in [3.05, 3.63) is 65.2 Å². The number of carbonyl (C=O) groups is 1. The largest absolute Gasteiger partial charge is 0.481 e. The second-order valence-electron chi connectivity index (χ2n) is 9.66. The van der Waals surface area contributed by atoms with Gasteiger partial charge in [-0.05, 0) is 66.6 Å². The molecule has 2 aromatic rings. The summed E-state index contributed by atoms with van der Waals surface area (Å²) >= 11 is 0. The molecule has 0 aromatic heterocycles. The second kappa shape index (κ2) is 10.8. The Balaban J connectivity index is 1.49. The van der Waals surface area contributed by atoms with E-state index < -0.39 is 6.10 Å². The number of likely N-dealkylation sites (tertiary alicyclic amines) is 1.